The number of hydrogen-bond donors (Lipinski definition) is 1. The maximum atomic E-state index is 12.6. The lowest BCUT2D eigenvalue weighted by Crippen LogP contribution is -2.35. The molecule has 0 radical (unpaired) electrons. The number of benzene rings is 1. The summed E-state index contributed by atoms with van der Waals surface area (Å²) < 4.78 is 10.4. The first-order chi connectivity index (χ1) is 9.56. The van der Waals surface area contributed by atoms with Gasteiger partial charge in [0.25, 0.3) is 5.91 Å². The Kier molecular flexibility index (Phi) is 4.17. The van der Waals surface area contributed by atoms with Crippen LogP contribution in [0.25, 0.3) is 0 Å². The highest BCUT2D eigenvalue weighted by molar-refractivity contribution is 6.01. The Morgan fingerprint density at radius 3 is 2.65 bits per heavy atom. The third kappa shape index (κ3) is 2.71. The lowest BCUT2D eigenvalue weighted by Gasteiger charge is -2.27. The Bertz CT molecular complexity index is 552. The summed E-state index contributed by atoms with van der Waals surface area (Å²) in [6, 6.07) is 3.33. The van der Waals surface area contributed by atoms with Gasteiger partial charge in [-0.05, 0) is 19.4 Å². The highest BCUT2D eigenvalue weighted by Gasteiger charge is 2.22. The molecular formula is C15H20N2O3. The van der Waals surface area contributed by atoms with Crippen LogP contribution < -0.4 is 15.2 Å². The second kappa shape index (κ2) is 5.86. The molecule has 20 heavy (non-hydrogen) atoms. The molecule has 108 valence electrons. The first-order valence-corrected chi connectivity index (χ1v) is 6.53. The molecule has 5 heteroatoms. The fourth-order valence-electron chi connectivity index (χ4n) is 2.32. The summed E-state index contributed by atoms with van der Waals surface area (Å²) in [5.41, 5.74) is 7.99. The van der Waals surface area contributed by atoms with Crippen molar-refractivity contribution in [1.29, 1.82) is 0 Å². The van der Waals surface area contributed by atoms with Crippen LogP contribution in [0.2, 0.25) is 0 Å². The van der Waals surface area contributed by atoms with Crippen LogP contribution in [-0.4, -0.2) is 38.1 Å². The van der Waals surface area contributed by atoms with Crippen molar-refractivity contribution in [2.75, 3.05) is 33.0 Å². The molecule has 1 aliphatic rings. The van der Waals surface area contributed by atoms with Crippen molar-refractivity contribution in [2.24, 2.45) is 0 Å². The van der Waals surface area contributed by atoms with Crippen molar-refractivity contribution < 1.29 is 14.3 Å². The third-order valence-corrected chi connectivity index (χ3v) is 3.42. The van der Waals surface area contributed by atoms with Gasteiger partial charge in [0, 0.05) is 19.2 Å². The Hall–Kier alpha value is -2.17. The Balaban J connectivity index is 2.36. The molecule has 1 aromatic rings. The van der Waals surface area contributed by atoms with Crippen LogP contribution >= 0.6 is 0 Å². The lowest BCUT2D eigenvalue weighted by molar-refractivity contribution is 0.0766. The van der Waals surface area contributed by atoms with E-state index in [9.17, 15) is 4.79 Å². The number of amides is 1. The SMILES string of the molecule is COc1cc(OC)c(N)c(C(=O)N2CCC=C(C)C2)c1. The molecular weight excluding hydrogens is 256 g/mol. The predicted octanol–water partition coefficient (Wildman–Crippen LogP) is 2.08. The second-order valence-corrected chi connectivity index (χ2v) is 4.86. The summed E-state index contributed by atoms with van der Waals surface area (Å²) >= 11 is 0. The molecule has 2 N–H and O–H groups in total. The van der Waals surface area contributed by atoms with Gasteiger partial charge < -0.3 is 20.1 Å². The predicted molar refractivity (Wildman–Crippen MR) is 78.2 cm³/mol. The van der Waals surface area contributed by atoms with E-state index in [1.54, 1.807) is 24.1 Å². The first kappa shape index (κ1) is 14.2. The molecule has 0 unspecified atom stereocenters. The minimum atomic E-state index is -0.0906. The number of nitrogens with zero attached hydrogens (tertiary/aromatic N) is 1. The molecule has 5 nitrogen and oxygen atoms in total. The van der Waals surface area contributed by atoms with Gasteiger partial charge in [-0.25, -0.2) is 0 Å². The maximum Gasteiger partial charge on any atom is 0.256 e. The molecule has 0 atom stereocenters. The van der Waals surface area contributed by atoms with Crippen molar-refractivity contribution in [3.05, 3.63) is 29.3 Å². The van der Waals surface area contributed by atoms with Crippen LogP contribution in [0.4, 0.5) is 5.69 Å². The quantitative estimate of drug-likeness (QED) is 0.678. The van der Waals surface area contributed by atoms with Crippen molar-refractivity contribution in [3.8, 4) is 11.5 Å². The van der Waals surface area contributed by atoms with E-state index < -0.39 is 0 Å². The van der Waals surface area contributed by atoms with Gasteiger partial charge in [0.2, 0.25) is 0 Å². The fourth-order valence-corrected chi connectivity index (χ4v) is 2.32. The molecule has 0 aliphatic carbocycles. The number of nitrogens with two attached hydrogens (primary N) is 1. The summed E-state index contributed by atoms with van der Waals surface area (Å²) in [7, 11) is 3.07. The monoisotopic (exact) mass is 276 g/mol. The number of carbonyl (C=O) groups is 1. The molecule has 0 saturated heterocycles. The van der Waals surface area contributed by atoms with Gasteiger partial charge in [-0.2, -0.15) is 0 Å². The highest BCUT2D eigenvalue weighted by atomic mass is 16.5. The number of rotatable bonds is 3. The normalized spacial score (nSPS) is 14.8. The molecule has 0 bridgehead atoms. The summed E-state index contributed by atoms with van der Waals surface area (Å²) in [6.07, 6.45) is 3.03. The van der Waals surface area contributed by atoms with Gasteiger partial charge >= 0.3 is 0 Å². The van der Waals surface area contributed by atoms with Gasteiger partial charge in [0.05, 0.1) is 25.5 Å². The van der Waals surface area contributed by atoms with Gasteiger partial charge in [-0.15, -0.1) is 0 Å². The zero-order valence-electron chi connectivity index (χ0n) is 12.1. The van der Waals surface area contributed by atoms with Crippen LogP contribution in [0.3, 0.4) is 0 Å². The van der Waals surface area contributed by atoms with E-state index >= 15 is 0 Å². The van der Waals surface area contributed by atoms with E-state index in [2.05, 4.69) is 6.08 Å². The van der Waals surface area contributed by atoms with E-state index in [1.165, 1.54) is 12.7 Å². The van der Waals surface area contributed by atoms with E-state index in [0.717, 1.165) is 6.42 Å². The first-order valence-electron chi connectivity index (χ1n) is 6.53. The molecule has 0 spiro atoms. The van der Waals surface area contributed by atoms with Gasteiger partial charge in [0.1, 0.15) is 11.5 Å². The third-order valence-electron chi connectivity index (χ3n) is 3.42. The molecule has 1 aromatic carbocycles. The molecule has 1 heterocycles. The van der Waals surface area contributed by atoms with Crippen LogP contribution in [0, 0.1) is 0 Å². The van der Waals surface area contributed by atoms with E-state index in [4.69, 9.17) is 15.2 Å². The minimum Gasteiger partial charge on any atom is -0.497 e. The molecule has 0 aromatic heterocycles. The van der Waals surface area contributed by atoms with Gasteiger partial charge in [-0.1, -0.05) is 11.6 Å². The molecule has 2 rings (SSSR count). The number of ether oxygens (including phenoxy) is 2. The zero-order chi connectivity index (χ0) is 14.7. The average Bonchev–Trinajstić information content (AvgIpc) is 2.47. The van der Waals surface area contributed by atoms with Crippen molar-refractivity contribution in [2.45, 2.75) is 13.3 Å². The number of carbonyl (C=O) groups excluding carboxylic acids is 1. The van der Waals surface area contributed by atoms with E-state index in [1.807, 2.05) is 6.92 Å². The number of nitrogen functional groups attached to an aromatic ring is 1. The summed E-state index contributed by atoms with van der Waals surface area (Å²) in [5, 5.41) is 0. The topological polar surface area (TPSA) is 64.8 Å². The smallest absolute Gasteiger partial charge is 0.256 e. The Morgan fingerprint density at radius 2 is 2.05 bits per heavy atom. The van der Waals surface area contributed by atoms with Crippen LogP contribution in [0.1, 0.15) is 23.7 Å². The molecule has 1 aliphatic heterocycles. The van der Waals surface area contributed by atoms with Crippen molar-refractivity contribution >= 4 is 11.6 Å². The summed E-state index contributed by atoms with van der Waals surface area (Å²) in [6.45, 7) is 3.36. The van der Waals surface area contributed by atoms with Crippen LogP contribution in [0.15, 0.2) is 23.8 Å². The second-order valence-electron chi connectivity index (χ2n) is 4.86. The van der Waals surface area contributed by atoms with E-state index in [0.29, 0.717) is 35.8 Å². The number of methoxy groups -OCH3 is 2. The van der Waals surface area contributed by atoms with Crippen molar-refractivity contribution in [1.82, 2.24) is 4.90 Å². The largest absolute Gasteiger partial charge is 0.497 e. The highest BCUT2D eigenvalue weighted by Crippen LogP contribution is 2.32. The lowest BCUT2D eigenvalue weighted by atomic mass is 10.1. The van der Waals surface area contributed by atoms with Crippen LogP contribution in [0.5, 0.6) is 11.5 Å². The standard InChI is InChI=1S/C15H20N2O3/c1-10-5-4-6-17(9-10)15(18)12-7-11(19-2)8-13(20-3)14(12)16/h5,7-8H,4,6,9,16H2,1-3H3. The molecule has 0 fully saturated rings. The van der Waals surface area contributed by atoms with Gasteiger partial charge in [-0.3, -0.25) is 4.79 Å². The zero-order valence-corrected chi connectivity index (χ0v) is 12.1. The summed E-state index contributed by atoms with van der Waals surface area (Å²) in [4.78, 5) is 14.4. The average molecular weight is 276 g/mol. The molecule has 0 saturated carbocycles. The maximum absolute atomic E-state index is 12.6. The van der Waals surface area contributed by atoms with Gasteiger partial charge in [0.15, 0.2) is 0 Å². The summed E-state index contributed by atoms with van der Waals surface area (Å²) in [5.74, 6) is 0.924. The Morgan fingerprint density at radius 1 is 1.30 bits per heavy atom. The van der Waals surface area contributed by atoms with Crippen LogP contribution in [-0.2, 0) is 0 Å². The fraction of sp³-hybridized carbons (Fsp3) is 0.400. The minimum absolute atomic E-state index is 0.0906. The number of hydrogen-bond acceptors (Lipinski definition) is 4. The number of anilines is 1. The molecule has 1 amide bonds. The van der Waals surface area contributed by atoms with E-state index in [-0.39, 0.29) is 5.91 Å². The Labute approximate surface area is 119 Å². The van der Waals surface area contributed by atoms with Crippen molar-refractivity contribution in [3.63, 3.8) is 0 Å².